The van der Waals surface area contributed by atoms with Crippen molar-refractivity contribution in [3.8, 4) is 0 Å². The third kappa shape index (κ3) is 4.45. The summed E-state index contributed by atoms with van der Waals surface area (Å²) in [5.41, 5.74) is 0.985. The van der Waals surface area contributed by atoms with Crippen molar-refractivity contribution in [1.82, 2.24) is 10.3 Å². The molecule has 0 aliphatic carbocycles. The number of benzene rings is 1. The Bertz CT molecular complexity index is 875. The lowest BCUT2D eigenvalue weighted by atomic mass is 10.2. The van der Waals surface area contributed by atoms with E-state index in [9.17, 15) is 9.18 Å². The first-order chi connectivity index (χ1) is 12.0. The van der Waals surface area contributed by atoms with E-state index in [1.807, 2.05) is 26.0 Å². The second kappa shape index (κ2) is 7.48. The number of nitrogens with one attached hydrogen (secondary N) is 2. The summed E-state index contributed by atoms with van der Waals surface area (Å²) < 4.78 is 19.1. The van der Waals surface area contributed by atoms with E-state index in [1.54, 1.807) is 23.6 Å². The number of furan rings is 1. The maximum Gasteiger partial charge on any atom is 0.226 e. The molecule has 1 amide bonds. The molecular formula is C18H18FN3O2S. The number of hydrogen-bond acceptors (Lipinski definition) is 5. The number of hydrogen-bond donors (Lipinski definition) is 2. The quantitative estimate of drug-likeness (QED) is 0.687. The molecular weight excluding hydrogens is 341 g/mol. The molecule has 0 saturated carbocycles. The van der Waals surface area contributed by atoms with Crippen LogP contribution in [-0.2, 0) is 11.2 Å². The molecule has 7 heteroatoms. The molecule has 130 valence electrons. The van der Waals surface area contributed by atoms with Gasteiger partial charge >= 0.3 is 0 Å². The first-order valence-corrected chi connectivity index (χ1v) is 8.71. The third-order valence-corrected chi connectivity index (χ3v) is 4.38. The van der Waals surface area contributed by atoms with Crippen LogP contribution in [0.25, 0.3) is 0 Å². The van der Waals surface area contributed by atoms with Gasteiger partial charge in [0.2, 0.25) is 5.91 Å². The Balaban J connectivity index is 1.57. The van der Waals surface area contributed by atoms with Crippen LogP contribution in [0.1, 0.15) is 30.2 Å². The molecule has 1 unspecified atom stereocenters. The molecule has 2 N–H and O–H groups in total. The fraction of sp³-hybridized carbons (Fsp3) is 0.222. The lowest BCUT2D eigenvalue weighted by Crippen LogP contribution is -2.27. The van der Waals surface area contributed by atoms with Crippen molar-refractivity contribution in [3.05, 3.63) is 64.8 Å². The highest BCUT2D eigenvalue weighted by molar-refractivity contribution is 7.13. The van der Waals surface area contributed by atoms with Crippen LogP contribution in [0, 0.1) is 12.7 Å². The average molecular weight is 359 g/mol. The predicted molar refractivity (Wildman–Crippen MR) is 95.5 cm³/mol. The van der Waals surface area contributed by atoms with E-state index in [-0.39, 0.29) is 24.2 Å². The number of anilines is 2. The second-order valence-corrected chi connectivity index (χ2v) is 6.52. The van der Waals surface area contributed by atoms with Gasteiger partial charge in [-0.15, -0.1) is 11.3 Å². The van der Waals surface area contributed by atoms with Crippen LogP contribution in [0.2, 0.25) is 0 Å². The molecule has 1 aromatic carbocycles. The third-order valence-electron chi connectivity index (χ3n) is 3.57. The van der Waals surface area contributed by atoms with Gasteiger partial charge in [0.15, 0.2) is 5.13 Å². The molecule has 0 spiro atoms. The van der Waals surface area contributed by atoms with Crippen molar-refractivity contribution in [2.45, 2.75) is 26.3 Å². The Morgan fingerprint density at radius 3 is 2.84 bits per heavy atom. The molecule has 0 aliphatic rings. The molecule has 5 nitrogen and oxygen atoms in total. The van der Waals surface area contributed by atoms with Crippen LogP contribution in [0.5, 0.6) is 0 Å². The van der Waals surface area contributed by atoms with Crippen LogP contribution in [0.4, 0.5) is 15.2 Å². The number of para-hydroxylation sites is 1. The number of aromatic nitrogens is 1. The Morgan fingerprint density at radius 1 is 1.32 bits per heavy atom. The summed E-state index contributed by atoms with van der Waals surface area (Å²) in [6.07, 6.45) is 0.152. The molecule has 2 heterocycles. The largest absolute Gasteiger partial charge is 0.464 e. The summed E-state index contributed by atoms with van der Waals surface area (Å²) in [7, 11) is 0. The predicted octanol–water partition coefficient (Wildman–Crippen LogP) is 4.35. The fourth-order valence-electron chi connectivity index (χ4n) is 2.34. The van der Waals surface area contributed by atoms with E-state index < -0.39 is 0 Å². The van der Waals surface area contributed by atoms with Gasteiger partial charge in [0.25, 0.3) is 0 Å². The molecule has 0 aliphatic heterocycles. The van der Waals surface area contributed by atoms with Gasteiger partial charge in [-0.1, -0.05) is 12.1 Å². The zero-order chi connectivity index (χ0) is 17.8. The SMILES string of the molecule is Cc1ccc(C(C)NC(=O)Cc2csc(Nc3ccccc3F)n2)o1. The molecule has 25 heavy (non-hydrogen) atoms. The van der Waals surface area contributed by atoms with Crippen molar-refractivity contribution >= 4 is 28.1 Å². The zero-order valence-electron chi connectivity index (χ0n) is 13.9. The smallest absolute Gasteiger partial charge is 0.226 e. The summed E-state index contributed by atoms with van der Waals surface area (Å²) >= 11 is 1.33. The Hall–Kier alpha value is -2.67. The van der Waals surface area contributed by atoms with Gasteiger partial charge in [-0.3, -0.25) is 4.79 Å². The monoisotopic (exact) mass is 359 g/mol. The van der Waals surface area contributed by atoms with Crippen molar-refractivity contribution in [2.24, 2.45) is 0 Å². The lowest BCUT2D eigenvalue weighted by Gasteiger charge is -2.10. The van der Waals surface area contributed by atoms with Crippen LogP contribution in [-0.4, -0.2) is 10.9 Å². The molecule has 0 bridgehead atoms. The van der Waals surface area contributed by atoms with Crippen molar-refractivity contribution in [3.63, 3.8) is 0 Å². The van der Waals surface area contributed by atoms with Crippen LogP contribution < -0.4 is 10.6 Å². The van der Waals surface area contributed by atoms with Gasteiger partial charge in [0, 0.05) is 5.38 Å². The lowest BCUT2D eigenvalue weighted by molar-refractivity contribution is -0.121. The number of amides is 1. The van der Waals surface area contributed by atoms with Crippen molar-refractivity contribution < 1.29 is 13.6 Å². The molecule has 0 radical (unpaired) electrons. The number of carbonyl (C=O) groups is 1. The van der Waals surface area contributed by atoms with Crippen molar-refractivity contribution in [2.75, 3.05) is 5.32 Å². The number of nitrogens with zero attached hydrogens (tertiary/aromatic N) is 1. The highest BCUT2D eigenvalue weighted by Crippen LogP contribution is 2.23. The van der Waals surface area contributed by atoms with Crippen molar-refractivity contribution in [1.29, 1.82) is 0 Å². The highest BCUT2D eigenvalue weighted by atomic mass is 32.1. The Labute approximate surface area is 148 Å². The van der Waals surface area contributed by atoms with Crippen LogP contribution >= 0.6 is 11.3 Å². The molecule has 0 saturated heterocycles. The first kappa shape index (κ1) is 17.2. The normalized spacial score (nSPS) is 12.0. The van der Waals surface area contributed by atoms with Crippen LogP contribution in [0.3, 0.4) is 0 Å². The summed E-state index contributed by atoms with van der Waals surface area (Å²) in [5, 5.41) is 8.12. The summed E-state index contributed by atoms with van der Waals surface area (Å²) in [5.74, 6) is 1.02. The maximum absolute atomic E-state index is 13.6. The summed E-state index contributed by atoms with van der Waals surface area (Å²) in [6, 6.07) is 9.87. The van der Waals surface area contributed by atoms with E-state index in [4.69, 9.17) is 4.42 Å². The summed E-state index contributed by atoms with van der Waals surface area (Å²) in [6.45, 7) is 3.72. The van der Waals surface area contributed by atoms with E-state index in [1.165, 1.54) is 17.4 Å². The molecule has 0 fully saturated rings. The Morgan fingerprint density at radius 2 is 2.12 bits per heavy atom. The molecule has 3 rings (SSSR count). The number of rotatable bonds is 6. The van der Waals surface area contributed by atoms with Gasteiger partial charge in [0.1, 0.15) is 17.3 Å². The second-order valence-electron chi connectivity index (χ2n) is 5.66. The number of halogens is 1. The molecule has 2 aromatic heterocycles. The van der Waals surface area contributed by atoms with E-state index in [0.29, 0.717) is 22.3 Å². The van der Waals surface area contributed by atoms with E-state index in [0.717, 1.165) is 5.76 Å². The minimum atomic E-state index is -0.348. The molecule has 1 atom stereocenters. The fourth-order valence-corrected chi connectivity index (χ4v) is 3.06. The number of thiazole rings is 1. The number of aryl methyl sites for hydroxylation is 1. The van der Waals surface area contributed by atoms with E-state index in [2.05, 4.69) is 15.6 Å². The number of carbonyl (C=O) groups excluding carboxylic acids is 1. The Kier molecular flexibility index (Phi) is 5.14. The van der Waals surface area contributed by atoms with Gasteiger partial charge in [-0.05, 0) is 38.1 Å². The minimum absolute atomic E-state index is 0.149. The van der Waals surface area contributed by atoms with Crippen LogP contribution in [0.15, 0.2) is 46.2 Å². The summed E-state index contributed by atoms with van der Waals surface area (Å²) in [4.78, 5) is 16.5. The van der Waals surface area contributed by atoms with Gasteiger partial charge in [-0.2, -0.15) is 0 Å². The van der Waals surface area contributed by atoms with Gasteiger partial charge in [-0.25, -0.2) is 9.37 Å². The molecule has 3 aromatic rings. The standard InChI is InChI=1S/C18H18FN3O2S/c1-11-7-8-16(24-11)12(2)20-17(23)9-13-10-25-18(21-13)22-15-6-4-3-5-14(15)19/h3-8,10,12H,9H2,1-2H3,(H,20,23)(H,21,22). The average Bonchev–Trinajstić information content (AvgIpc) is 3.18. The van der Waals surface area contributed by atoms with E-state index >= 15 is 0 Å². The highest BCUT2D eigenvalue weighted by Gasteiger charge is 2.14. The van der Waals surface area contributed by atoms with Gasteiger partial charge < -0.3 is 15.1 Å². The first-order valence-electron chi connectivity index (χ1n) is 7.83. The van der Waals surface area contributed by atoms with Gasteiger partial charge in [0.05, 0.1) is 23.8 Å². The maximum atomic E-state index is 13.6. The minimum Gasteiger partial charge on any atom is -0.464 e. The zero-order valence-corrected chi connectivity index (χ0v) is 14.7. The topological polar surface area (TPSA) is 67.2 Å².